The summed E-state index contributed by atoms with van der Waals surface area (Å²) in [5.41, 5.74) is 5.13. The Morgan fingerprint density at radius 1 is 1.14 bits per heavy atom. The van der Waals surface area contributed by atoms with Gasteiger partial charge in [-0.1, -0.05) is 0 Å². The van der Waals surface area contributed by atoms with E-state index in [1.54, 1.807) is 21.6 Å². The molecule has 1 aliphatic carbocycles. The Labute approximate surface area is 243 Å². The van der Waals surface area contributed by atoms with Crippen LogP contribution in [0.4, 0.5) is 30.8 Å². The number of cyclic esters (lactones) is 1. The largest absolute Gasteiger partial charge is 0.477 e. The topological polar surface area (TPSA) is 146 Å². The second-order valence-corrected chi connectivity index (χ2v) is 10.9. The number of fused-ring (bicyclic) bond motifs is 1. The summed E-state index contributed by atoms with van der Waals surface area (Å²) in [5.74, 6) is -2.41. The van der Waals surface area contributed by atoms with Crippen molar-refractivity contribution >= 4 is 57.6 Å². The van der Waals surface area contributed by atoms with E-state index in [1.807, 2.05) is 4.90 Å². The van der Waals surface area contributed by atoms with Gasteiger partial charge in [-0.3, -0.25) is 9.69 Å². The SMILES string of the molecule is NC(=S)NC[C@H]1CN(c2ccc(N3CCN(c4c(C(=O)O)c(=O)c5cc(F)cnc5n4C4CC4)CC3)c(F)c2)C(=O)O1. The number of hydrogen-bond acceptors (Lipinski definition) is 8. The number of carbonyl (C=O) groups excluding carboxylic acids is 1. The number of amides is 1. The Hall–Kier alpha value is -4.53. The van der Waals surface area contributed by atoms with Crippen molar-refractivity contribution in [3.63, 3.8) is 0 Å². The van der Waals surface area contributed by atoms with Crippen molar-refractivity contribution in [2.24, 2.45) is 5.73 Å². The van der Waals surface area contributed by atoms with Crippen molar-refractivity contribution in [1.29, 1.82) is 0 Å². The van der Waals surface area contributed by atoms with Crippen LogP contribution < -0.4 is 31.2 Å². The Morgan fingerprint density at radius 2 is 1.86 bits per heavy atom. The molecule has 1 atom stereocenters. The molecule has 6 rings (SSSR count). The molecule has 4 N–H and O–H groups in total. The molecular weight excluding hydrogens is 572 g/mol. The summed E-state index contributed by atoms with van der Waals surface area (Å²) in [5, 5.41) is 12.8. The minimum Gasteiger partial charge on any atom is -0.477 e. The number of ether oxygens (including phenoxy) is 1. The molecule has 4 heterocycles. The number of carboxylic acids is 1. The first-order valence-corrected chi connectivity index (χ1v) is 13.8. The molecule has 2 aromatic heterocycles. The zero-order valence-corrected chi connectivity index (χ0v) is 23.1. The average molecular weight is 600 g/mol. The van der Waals surface area contributed by atoms with Gasteiger partial charge in [-0.05, 0) is 49.3 Å². The number of nitrogens with one attached hydrogen (secondary N) is 1. The van der Waals surface area contributed by atoms with E-state index in [1.165, 1.54) is 11.0 Å². The van der Waals surface area contributed by atoms with E-state index in [9.17, 15) is 23.9 Å². The second kappa shape index (κ2) is 10.7. The number of hydrogen-bond donors (Lipinski definition) is 3. The number of halogens is 2. The van der Waals surface area contributed by atoms with Gasteiger partial charge in [0.2, 0.25) is 5.43 Å². The summed E-state index contributed by atoms with van der Waals surface area (Å²) in [6.45, 7) is 1.72. The van der Waals surface area contributed by atoms with Crippen molar-refractivity contribution in [2.45, 2.75) is 25.0 Å². The summed E-state index contributed by atoms with van der Waals surface area (Å²) in [7, 11) is 0. The van der Waals surface area contributed by atoms with Gasteiger partial charge in [-0.2, -0.15) is 0 Å². The molecule has 15 heteroatoms. The van der Waals surface area contributed by atoms with E-state index in [0.717, 1.165) is 25.1 Å². The lowest BCUT2D eigenvalue weighted by atomic mass is 10.1. The van der Waals surface area contributed by atoms with E-state index < -0.39 is 40.8 Å². The first kappa shape index (κ1) is 27.6. The van der Waals surface area contributed by atoms with Gasteiger partial charge in [0.05, 0.1) is 36.0 Å². The van der Waals surface area contributed by atoms with Gasteiger partial charge in [0.15, 0.2) is 5.11 Å². The summed E-state index contributed by atoms with van der Waals surface area (Å²) < 4.78 is 36.3. The number of rotatable bonds is 7. The molecule has 3 aromatic rings. The Kier molecular flexibility index (Phi) is 7.04. The second-order valence-electron chi connectivity index (χ2n) is 10.4. The summed E-state index contributed by atoms with van der Waals surface area (Å²) in [4.78, 5) is 47.0. The minimum absolute atomic E-state index is 0.0539. The van der Waals surface area contributed by atoms with Gasteiger partial charge in [-0.15, -0.1) is 0 Å². The number of nitrogens with two attached hydrogens (primary N) is 1. The summed E-state index contributed by atoms with van der Waals surface area (Å²) in [6.07, 6.45) is 1.48. The average Bonchev–Trinajstić information content (AvgIpc) is 3.72. The van der Waals surface area contributed by atoms with Crippen LogP contribution in [0.3, 0.4) is 0 Å². The number of piperazine rings is 1. The molecule has 1 amide bonds. The number of aromatic nitrogens is 2. The fourth-order valence-corrected chi connectivity index (χ4v) is 5.65. The zero-order valence-electron chi connectivity index (χ0n) is 22.3. The van der Waals surface area contributed by atoms with Crippen LogP contribution in [0.15, 0.2) is 35.3 Å². The maximum Gasteiger partial charge on any atom is 0.414 e. The number of aromatic carboxylic acids is 1. The first-order valence-electron chi connectivity index (χ1n) is 13.4. The van der Waals surface area contributed by atoms with Crippen LogP contribution in [-0.4, -0.2) is 77.2 Å². The monoisotopic (exact) mass is 599 g/mol. The van der Waals surface area contributed by atoms with Crippen molar-refractivity contribution in [3.05, 3.63) is 57.9 Å². The van der Waals surface area contributed by atoms with Crippen LogP contribution in [-0.2, 0) is 4.74 Å². The van der Waals surface area contributed by atoms with Crippen LogP contribution in [0.2, 0.25) is 0 Å². The third-order valence-electron chi connectivity index (χ3n) is 7.65. The van der Waals surface area contributed by atoms with E-state index in [2.05, 4.69) is 10.3 Å². The molecule has 220 valence electrons. The van der Waals surface area contributed by atoms with Crippen molar-refractivity contribution in [3.8, 4) is 0 Å². The smallest absolute Gasteiger partial charge is 0.414 e. The van der Waals surface area contributed by atoms with Crippen LogP contribution >= 0.6 is 12.2 Å². The molecule has 3 aliphatic rings. The van der Waals surface area contributed by atoms with Gasteiger partial charge in [0, 0.05) is 32.2 Å². The highest BCUT2D eigenvalue weighted by Crippen LogP contribution is 2.41. The van der Waals surface area contributed by atoms with E-state index in [0.29, 0.717) is 37.6 Å². The number of thiocarbonyl (C=S) groups is 1. The van der Waals surface area contributed by atoms with Crippen molar-refractivity contribution < 1.29 is 28.2 Å². The number of carbonyl (C=O) groups is 2. The van der Waals surface area contributed by atoms with E-state index >= 15 is 4.39 Å². The van der Waals surface area contributed by atoms with Gasteiger partial charge >= 0.3 is 12.1 Å². The van der Waals surface area contributed by atoms with Crippen LogP contribution in [0, 0.1) is 11.6 Å². The lowest BCUT2D eigenvalue weighted by Crippen LogP contribution is -2.48. The van der Waals surface area contributed by atoms with Gasteiger partial charge in [-0.25, -0.2) is 23.4 Å². The highest BCUT2D eigenvalue weighted by molar-refractivity contribution is 7.80. The molecule has 2 aliphatic heterocycles. The van der Waals surface area contributed by atoms with Gasteiger partial charge < -0.3 is 35.3 Å². The molecule has 2 saturated heterocycles. The highest BCUT2D eigenvalue weighted by atomic mass is 32.1. The quantitative estimate of drug-likeness (QED) is 0.344. The summed E-state index contributed by atoms with van der Waals surface area (Å²) in [6, 6.07) is 5.47. The van der Waals surface area contributed by atoms with Gasteiger partial charge in [0.25, 0.3) is 0 Å². The standard InChI is InChI=1S/C27H27F2N7O5S/c28-14-9-18-22(37)21(25(38)39)24(36(15-1-2-15)23(18)31-11-14)34-7-5-33(6-8-34)20-4-3-16(10-19(20)29)35-13-17(41-27(35)40)12-32-26(30)42/h3-4,9-11,15,17H,1-2,5-8,12-13H2,(H,38,39)(H3,30,32,42)/t17-/m0/s1. The lowest BCUT2D eigenvalue weighted by Gasteiger charge is -2.39. The number of pyridine rings is 2. The maximum atomic E-state index is 15.4. The number of carboxylic acid groups (broad SMARTS) is 1. The van der Waals surface area contributed by atoms with Crippen LogP contribution in [0.25, 0.3) is 11.0 Å². The minimum atomic E-state index is -1.40. The molecule has 0 bridgehead atoms. The normalized spacial score (nSPS) is 18.9. The Bertz CT molecular complexity index is 1670. The predicted molar refractivity (Wildman–Crippen MR) is 154 cm³/mol. The Balaban J connectivity index is 1.23. The van der Waals surface area contributed by atoms with Crippen molar-refractivity contribution in [1.82, 2.24) is 14.9 Å². The number of anilines is 3. The molecule has 1 saturated carbocycles. The fourth-order valence-electron chi connectivity index (χ4n) is 5.56. The molecule has 1 aromatic carbocycles. The fraction of sp³-hybridized carbons (Fsp3) is 0.370. The van der Waals surface area contributed by atoms with Crippen LogP contribution in [0.1, 0.15) is 29.2 Å². The lowest BCUT2D eigenvalue weighted by molar-refractivity contribution is 0.0695. The molecular formula is C27H27F2N7O5S. The maximum absolute atomic E-state index is 15.4. The molecule has 0 radical (unpaired) electrons. The van der Waals surface area contributed by atoms with Crippen LogP contribution in [0.5, 0.6) is 0 Å². The third-order valence-corrected chi connectivity index (χ3v) is 7.80. The van der Waals surface area contributed by atoms with E-state index in [4.69, 9.17) is 22.7 Å². The number of nitrogens with zero attached hydrogens (tertiary/aromatic N) is 5. The Morgan fingerprint density at radius 3 is 2.50 bits per heavy atom. The van der Waals surface area contributed by atoms with E-state index in [-0.39, 0.29) is 41.1 Å². The molecule has 0 spiro atoms. The zero-order chi connectivity index (χ0) is 29.7. The number of benzene rings is 1. The van der Waals surface area contributed by atoms with Crippen molar-refractivity contribution in [2.75, 3.05) is 54.0 Å². The predicted octanol–water partition coefficient (Wildman–Crippen LogP) is 2.19. The summed E-state index contributed by atoms with van der Waals surface area (Å²) >= 11 is 4.78. The molecule has 42 heavy (non-hydrogen) atoms. The third kappa shape index (κ3) is 5.04. The highest BCUT2D eigenvalue weighted by Gasteiger charge is 2.36. The van der Waals surface area contributed by atoms with Gasteiger partial charge in [0.1, 0.15) is 34.8 Å². The first-order chi connectivity index (χ1) is 20.1. The molecule has 3 fully saturated rings. The molecule has 12 nitrogen and oxygen atoms in total. The molecule has 0 unspecified atom stereocenters.